The summed E-state index contributed by atoms with van der Waals surface area (Å²) in [6.07, 6.45) is 3.32. The Balaban J connectivity index is 1.81. The Kier molecular flexibility index (Phi) is 5.24. The lowest BCUT2D eigenvalue weighted by Gasteiger charge is -2.06. The molecule has 26 heavy (non-hydrogen) atoms. The highest BCUT2D eigenvalue weighted by Gasteiger charge is 2.11. The Hall–Kier alpha value is -2.85. The van der Waals surface area contributed by atoms with Gasteiger partial charge in [0.1, 0.15) is 0 Å². The molecule has 1 N–H and O–H groups in total. The van der Waals surface area contributed by atoms with E-state index in [1.54, 1.807) is 18.2 Å². The zero-order chi connectivity index (χ0) is 18.7. The largest absolute Gasteiger partial charge is 0.322 e. The van der Waals surface area contributed by atoms with E-state index in [2.05, 4.69) is 10.4 Å². The maximum absolute atomic E-state index is 12.3. The van der Waals surface area contributed by atoms with Crippen molar-refractivity contribution in [3.8, 4) is 5.69 Å². The van der Waals surface area contributed by atoms with Crippen molar-refractivity contribution in [3.63, 3.8) is 0 Å². The average Bonchev–Trinajstić information content (AvgIpc) is 2.91. The van der Waals surface area contributed by atoms with Crippen molar-refractivity contribution in [1.82, 2.24) is 9.78 Å². The van der Waals surface area contributed by atoms with Crippen LogP contribution in [0.3, 0.4) is 0 Å². The molecule has 132 valence electrons. The first-order valence-corrected chi connectivity index (χ1v) is 8.70. The number of amides is 1. The molecule has 4 nitrogen and oxygen atoms in total. The van der Waals surface area contributed by atoms with E-state index in [1.165, 1.54) is 6.08 Å². The normalized spacial score (nSPS) is 11.1. The van der Waals surface area contributed by atoms with E-state index in [4.69, 9.17) is 11.6 Å². The molecule has 0 aliphatic heterocycles. The minimum absolute atomic E-state index is 0.207. The number of hydrogen-bond acceptors (Lipinski definition) is 2. The lowest BCUT2D eigenvalue weighted by molar-refractivity contribution is -0.111. The lowest BCUT2D eigenvalue weighted by atomic mass is 10.1. The van der Waals surface area contributed by atoms with Crippen LogP contribution in [0, 0.1) is 20.8 Å². The summed E-state index contributed by atoms with van der Waals surface area (Å²) in [5.74, 6) is -0.207. The fraction of sp³-hybridized carbons (Fsp3) is 0.143. The van der Waals surface area contributed by atoms with Gasteiger partial charge < -0.3 is 5.32 Å². The number of carbonyl (C=O) groups is 1. The highest BCUT2D eigenvalue weighted by molar-refractivity contribution is 6.31. The van der Waals surface area contributed by atoms with Crippen molar-refractivity contribution < 1.29 is 4.79 Å². The average molecular weight is 366 g/mol. The van der Waals surface area contributed by atoms with Crippen LogP contribution in [-0.2, 0) is 4.79 Å². The van der Waals surface area contributed by atoms with Crippen molar-refractivity contribution in [3.05, 3.63) is 82.1 Å². The molecule has 0 saturated heterocycles. The van der Waals surface area contributed by atoms with Crippen LogP contribution >= 0.6 is 11.6 Å². The van der Waals surface area contributed by atoms with Crippen molar-refractivity contribution in [2.24, 2.45) is 0 Å². The summed E-state index contributed by atoms with van der Waals surface area (Å²) < 4.78 is 1.88. The van der Waals surface area contributed by atoms with Gasteiger partial charge in [0.2, 0.25) is 5.91 Å². The van der Waals surface area contributed by atoms with Gasteiger partial charge in [-0.1, -0.05) is 35.9 Å². The molecule has 0 saturated carbocycles. The second-order valence-electron chi connectivity index (χ2n) is 6.11. The van der Waals surface area contributed by atoms with Gasteiger partial charge in [0.15, 0.2) is 0 Å². The van der Waals surface area contributed by atoms with Gasteiger partial charge in [0.25, 0.3) is 0 Å². The quantitative estimate of drug-likeness (QED) is 0.653. The highest BCUT2D eigenvalue weighted by Crippen LogP contribution is 2.21. The summed E-state index contributed by atoms with van der Waals surface area (Å²) >= 11 is 6.00. The minimum Gasteiger partial charge on any atom is -0.322 e. The number of benzene rings is 2. The predicted octanol–water partition coefficient (Wildman–Crippen LogP) is 5.10. The Morgan fingerprint density at radius 1 is 1.12 bits per heavy atom. The standard InChI is InChI=1S/C21H20ClN3O/c1-14-9-10-17(22)13-20(14)23-21(26)12-11-19-15(2)24-25(16(19)3)18-7-5-4-6-8-18/h4-13H,1-3H3,(H,23,26)/b12-11+. The lowest BCUT2D eigenvalue weighted by Crippen LogP contribution is -2.09. The molecular weight excluding hydrogens is 346 g/mol. The summed E-state index contributed by atoms with van der Waals surface area (Å²) in [6.45, 7) is 5.85. The number of carbonyl (C=O) groups excluding carboxylic acids is 1. The molecule has 0 radical (unpaired) electrons. The van der Waals surface area contributed by atoms with Crippen molar-refractivity contribution in [2.75, 3.05) is 5.32 Å². The summed E-state index contributed by atoms with van der Waals surface area (Å²) in [7, 11) is 0. The van der Waals surface area contributed by atoms with Crippen LogP contribution in [0.1, 0.15) is 22.5 Å². The van der Waals surface area contributed by atoms with E-state index in [1.807, 2.05) is 61.9 Å². The highest BCUT2D eigenvalue weighted by atomic mass is 35.5. The van der Waals surface area contributed by atoms with E-state index >= 15 is 0 Å². The molecule has 0 aliphatic carbocycles. The minimum atomic E-state index is -0.207. The number of para-hydroxylation sites is 1. The molecule has 0 unspecified atom stereocenters. The molecule has 2 aromatic carbocycles. The van der Waals surface area contributed by atoms with Crippen LogP contribution < -0.4 is 5.32 Å². The van der Waals surface area contributed by atoms with Crippen molar-refractivity contribution in [1.29, 1.82) is 0 Å². The van der Waals surface area contributed by atoms with Gasteiger partial charge in [0, 0.05) is 28.0 Å². The number of nitrogens with zero attached hydrogens (tertiary/aromatic N) is 2. The first kappa shape index (κ1) is 18.0. The number of nitrogens with one attached hydrogen (secondary N) is 1. The van der Waals surface area contributed by atoms with Crippen LogP contribution in [0.2, 0.25) is 5.02 Å². The van der Waals surface area contributed by atoms with Gasteiger partial charge >= 0.3 is 0 Å². The second-order valence-corrected chi connectivity index (χ2v) is 6.55. The zero-order valence-corrected chi connectivity index (χ0v) is 15.7. The number of hydrogen-bond donors (Lipinski definition) is 1. The van der Waals surface area contributed by atoms with Crippen LogP contribution in [0.4, 0.5) is 5.69 Å². The summed E-state index contributed by atoms with van der Waals surface area (Å²) in [6, 6.07) is 15.3. The Bertz CT molecular complexity index is 974. The first-order valence-electron chi connectivity index (χ1n) is 8.32. The molecule has 3 rings (SSSR count). The topological polar surface area (TPSA) is 46.9 Å². The fourth-order valence-electron chi connectivity index (χ4n) is 2.78. The number of aromatic nitrogens is 2. The summed E-state index contributed by atoms with van der Waals surface area (Å²) in [5, 5.41) is 8.03. The Morgan fingerprint density at radius 2 is 1.85 bits per heavy atom. The Labute approximate surface area is 158 Å². The van der Waals surface area contributed by atoms with Gasteiger partial charge in [0.05, 0.1) is 11.4 Å². The van der Waals surface area contributed by atoms with Crippen LogP contribution in [0.15, 0.2) is 54.6 Å². The molecule has 0 fully saturated rings. The molecule has 1 amide bonds. The Morgan fingerprint density at radius 3 is 2.58 bits per heavy atom. The summed E-state index contributed by atoms with van der Waals surface area (Å²) in [4.78, 5) is 12.3. The second kappa shape index (κ2) is 7.58. The molecular formula is C21H20ClN3O. The third-order valence-corrected chi connectivity index (χ3v) is 4.44. The van der Waals surface area contributed by atoms with Gasteiger partial charge in [-0.2, -0.15) is 5.10 Å². The maximum atomic E-state index is 12.3. The van der Waals surface area contributed by atoms with E-state index < -0.39 is 0 Å². The summed E-state index contributed by atoms with van der Waals surface area (Å²) in [5.41, 5.74) is 5.45. The van der Waals surface area contributed by atoms with Gasteiger partial charge in [-0.15, -0.1) is 0 Å². The number of aryl methyl sites for hydroxylation is 2. The molecule has 0 atom stereocenters. The zero-order valence-electron chi connectivity index (χ0n) is 15.0. The van der Waals surface area contributed by atoms with Crippen molar-refractivity contribution >= 4 is 29.3 Å². The number of rotatable bonds is 4. The SMILES string of the molecule is Cc1ccc(Cl)cc1NC(=O)/C=C/c1c(C)nn(-c2ccccc2)c1C. The molecule has 1 heterocycles. The molecule has 0 aliphatic rings. The van der Waals surface area contributed by atoms with Crippen LogP contribution in [0.5, 0.6) is 0 Å². The van der Waals surface area contributed by atoms with E-state index in [9.17, 15) is 4.79 Å². The fourth-order valence-corrected chi connectivity index (χ4v) is 2.95. The predicted molar refractivity (Wildman–Crippen MR) is 107 cm³/mol. The molecule has 0 spiro atoms. The van der Waals surface area contributed by atoms with Crippen molar-refractivity contribution in [2.45, 2.75) is 20.8 Å². The first-order chi connectivity index (χ1) is 12.5. The van der Waals surface area contributed by atoms with Gasteiger partial charge in [-0.3, -0.25) is 4.79 Å². The smallest absolute Gasteiger partial charge is 0.248 e. The van der Waals surface area contributed by atoms with Gasteiger partial charge in [-0.05, 0) is 56.7 Å². The molecule has 3 aromatic rings. The van der Waals surface area contributed by atoms with E-state index in [0.29, 0.717) is 10.7 Å². The van der Waals surface area contributed by atoms with E-state index in [0.717, 1.165) is 28.2 Å². The number of anilines is 1. The number of halogens is 1. The van der Waals surface area contributed by atoms with E-state index in [-0.39, 0.29) is 5.91 Å². The van der Waals surface area contributed by atoms with Gasteiger partial charge in [-0.25, -0.2) is 4.68 Å². The molecule has 1 aromatic heterocycles. The molecule has 0 bridgehead atoms. The third kappa shape index (κ3) is 3.86. The van der Waals surface area contributed by atoms with Crippen LogP contribution in [0.25, 0.3) is 11.8 Å². The molecule has 5 heteroatoms. The van der Waals surface area contributed by atoms with Crippen LogP contribution in [-0.4, -0.2) is 15.7 Å². The maximum Gasteiger partial charge on any atom is 0.248 e. The monoisotopic (exact) mass is 365 g/mol. The third-order valence-electron chi connectivity index (χ3n) is 4.21.